The number of benzene rings is 1. The first kappa shape index (κ1) is 19.5. The molecule has 0 unspecified atom stereocenters. The Kier molecular flexibility index (Phi) is 7.06. The van der Waals surface area contributed by atoms with Gasteiger partial charge in [0.1, 0.15) is 11.6 Å². The van der Waals surface area contributed by atoms with Crippen molar-refractivity contribution in [1.82, 2.24) is 25.8 Å². The van der Waals surface area contributed by atoms with Crippen LogP contribution in [0.2, 0.25) is 0 Å². The summed E-state index contributed by atoms with van der Waals surface area (Å²) >= 11 is 0. The Morgan fingerprint density at radius 1 is 1.18 bits per heavy atom. The van der Waals surface area contributed by atoms with Crippen molar-refractivity contribution in [3.63, 3.8) is 0 Å². The molecule has 0 fully saturated rings. The molecule has 0 amide bonds. The second-order valence-electron chi connectivity index (χ2n) is 6.00. The fourth-order valence-electron chi connectivity index (χ4n) is 2.66. The number of rotatable bonds is 9. The van der Waals surface area contributed by atoms with E-state index < -0.39 is 0 Å². The third-order valence-corrected chi connectivity index (χ3v) is 3.95. The molecular weight excluding hydrogens is 356 g/mol. The smallest absolute Gasteiger partial charge is 0.216 e. The van der Waals surface area contributed by atoms with Crippen LogP contribution in [0.5, 0.6) is 5.75 Å². The maximum Gasteiger partial charge on any atom is 0.216 e. The number of para-hydroxylation sites is 1. The van der Waals surface area contributed by atoms with Crippen molar-refractivity contribution in [2.24, 2.45) is 4.99 Å². The predicted molar refractivity (Wildman–Crippen MR) is 108 cm³/mol. The molecule has 8 nitrogen and oxygen atoms in total. The lowest BCUT2D eigenvalue weighted by molar-refractivity contribution is 0.336. The number of furan rings is 1. The zero-order chi connectivity index (χ0) is 19.6. The quantitative estimate of drug-likeness (QED) is 0.389. The van der Waals surface area contributed by atoms with Gasteiger partial charge in [-0.1, -0.05) is 18.2 Å². The zero-order valence-corrected chi connectivity index (χ0v) is 16.2. The first-order valence-electron chi connectivity index (χ1n) is 9.48. The van der Waals surface area contributed by atoms with Crippen LogP contribution in [-0.4, -0.2) is 40.8 Å². The molecule has 3 N–H and O–H groups in total. The van der Waals surface area contributed by atoms with Gasteiger partial charge in [-0.2, -0.15) is 5.10 Å². The minimum atomic E-state index is 0.538. The van der Waals surface area contributed by atoms with Crippen LogP contribution in [0, 0.1) is 0 Å². The van der Waals surface area contributed by atoms with Gasteiger partial charge in [0, 0.05) is 25.1 Å². The van der Waals surface area contributed by atoms with E-state index in [1.165, 1.54) is 0 Å². The van der Waals surface area contributed by atoms with Crippen LogP contribution in [0.3, 0.4) is 0 Å². The van der Waals surface area contributed by atoms with Crippen LogP contribution in [0.25, 0.3) is 11.6 Å². The molecule has 0 aliphatic rings. The van der Waals surface area contributed by atoms with Gasteiger partial charge in [-0.25, -0.2) is 9.98 Å². The molecule has 0 bridgehead atoms. The minimum absolute atomic E-state index is 0.538. The van der Waals surface area contributed by atoms with Crippen LogP contribution in [0.4, 0.5) is 0 Å². The van der Waals surface area contributed by atoms with Gasteiger partial charge >= 0.3 is 0 Å². The molecular formula is C20H26N6O2. The highest BCUT2D eigenvalue weighted by Gasteiger charge is 2.08. The van der Waals surface area contributed by atoms with Gasteiger partial charge in [-0.15, -0.1) is 0 Å². The van der Waals surface area contributed by atoms with Crippen molar-refractivity contribution in [3.05, 3.63) is 54.0 Å². The van der Waals surface area contributed by atoms with Crippen molar-refractivity contribution in [1.29, 1.82) is 0 Å². The summed E-state index contributed by atoms with van der Waals surface area (Å²) in [6.45, 7) is 6.65. The minimum Gasteiger partial charge on any atom is -0.494 e. The van der Waals surface area contributed by atoms with E-state index in [-0.39, 0.29) is 0 Å². The second kappa shape index (κ2) is 10.1. The Morgan fingerprint density at radius 2 is 2.07 bits per heavy atom. The summed E-state index contributed by atoms with van der Waals surface area (Å²) in [4.78, 5) is 9.10. The fourth-order valence-corrected chi connectivity index (χ4v) is 2.66. The number of aromatic amines is 1. The molecule has 1 aromatic carbocycles. The third-order valence-electron chi connectivity index (χ3n) is 3.95. The van der Waals surface area contributed by atoms with Gasteiger partial charge in [-0.3, -0.25) is 5.10 Å². The summed E-state index contributed by atoms with van der Waals surface area (Å²) < 4.78 is 11.0. The molecule has 148 valence electrons. The maximum atomic E-state index is 5.66. The summed E-state index contributed by atoms with van der Waals surface area (Å²) in [5.41, 5.74) is 1.06. The average Bonchev–Trinajstić information content (AvgIpc) is 3.39. The van der Waals surface area contributed by atoms with E-state index in [1.807, 2.05) is 50.2 Å². The molecule has 2 heterocycles. The highest BCUT2D eigenvalue weighted by molar-refractivity contribution is 5.79. The summed E-state index contributed by atoms with van der Waals surface area (Å²) in [6.07, 6.45) is 2.30. The first-order chi connectivity index (χ1) is 13.8. The number of aliphatic imine (C=N–C) groups is 1. The van der Waals surface area contributed by atoms with Gasteiger partial charge in [0.25, 0.3) is 0 Å². The molecule has 3 rings (SSSR count). The zero-order valence-electron chi connectivity index (χ0n) is 16.2. The van der Waals surface area contributed by atoms with Crippen molar-refractivity contribution in [2.75, 3.05) is 19.7 Å². The highest BCUT2D eigenvalue weighted by Crippen LogP contribution is 2.18. The van der Waals surface area contributed by atoms with Crippen LogP contribution in [-0.2, 0) is 13.0 Å². The normalized spacial score (nSPS) is 11.4. The molecule has 0 saturated heterocycles. The molecule has 0 aliphatic carbocycles. The molecule has 0 radical (unpaired) electrons. The SMILES string of the molecule is CCNC(=NCc1ccccc1OCC)NCCc1nc(-c2ccco2)n[nH]1. The van der Waals surface area contributed by atoms with Gasteiger partial charge in [0.05, 0.1) is 19.4 Å². The Hall–Kier alpha value is -3.29. The summed E-state index contributed by atoms with van der Waals surface area (Å²) in [5.74, 6) is 3.62. The van der Waals surface area contributed by atoms with Crippen LogP contribution >= 0.6 is 0 Å². The van der Waals surface area contributed by atoms with Gasteiger partial charge in [-0.05, 0) is 32.0 Å². The molecule has 3 aromatic rings. The summed E-state index contributed by atoms with van der Waals surface area (Å²) in [5, 5.41) is 13.7. The van der Waals surface area contributed by atoms with E-state index in [4.69, 9.17) is 9.15 Å². The monoisotopic (exact) mass is 382 g/mol. The third kappa shape index (κ3) is 5.35. The molecule has 0 atom stereocenters. The topological polar surface area (TPSA) is 100 Å². The Morgan fingerprint density at radius 3 is 2.86 bits per heavy atom. The van der Waals surface area contributed by atoms with E-state index in [9.17, 15) is 0 Å². The van der Waals surface area contributed by atoms with E-state index in [1.54, 1.807) is 6.26 Å². The predicted octanol–water partition coefficient (Wildman–Crippen LogP) is 2.76. The van der Waals surface area contributed by atoms with Crippen molar-refractivity contribution in [2.45, 2.75) is 26.8 Å². The molecule has 0 spiro atoms. The molecule has 2 aromatic heterocycles. The molecule has 0 aliphatic heterocycles. The number of aromatic nitrogens is 3. The van der Waals surface area contributed by atoms with E-state index in [2.05, 4.69) is 30.8 Å². The van der Waals surface area contributed by atoms with Crippen molar-refractivity contribution < 1.29 is 9.15 Å². The number of nitrogens with one attached hydrogen (secondary N) is 3. The van der Waals surface area contributed by atoms with E-state index in [0.29, 0.717) is 37.7 Å². The Bertz CT molecular complexity index is 872. The van der Waals surface area contributed by atoms with E-state index >= 15 is 0 Å². The summed E-state index contributed by atoms with van der Waals surface area (Å²) in [6, 6.07) is 11.6. The van der Waals surface area contributed by atoms with Crippen LogP contribution < -0.4 is 15.4 Å². The largest absolute Gasteiger partial charge is 0.494 e. The molecule has 28 heavy (non-hydrogen) atoms. The average molecular weight is 382 g/mol. The molecule has 0 saturated carbocycles. The van der Waals surface area contributed by atoms with Crippen LogP contribution in [0.15, 0.2) is 52.1 Å². The van der Waals surface area contributed by atoms with Crippen molar-refractivity contribution >= 4 is 5.96 Å². The maximum absolute atomic E-state index is 5.66. The van der Waals surface area contributed by atoms with E-state index in [0.717, 1.165) is 29.6 Å². The standard InChI is InChI=1S/C20H26N6O2/c1-3-21-20(23-14-15-8-5-6-9-16(15)27-4-2)22-12-11-18-24-19(26-25-18)17-10-7-13-28-17/h5-10,13H,3-4,11-12,14H2,1-2H3,(H2,21,22,23)(H,24,25,26). The number of hydrogen-bond donors (Lipinski definition) is 3. The lowest BCUT2D eigenvalue weighted by Gasteiger charge is -2.12. The Labute approximate surface area is 164 Å². The number of hydrogen-bond acceptors (Lipinski definition) is 5. The number of guanidine groups is 1. The number of nitrogens with zero attached hydrogens (tertiary/aromatic N) is 3. The lowest BCUT2D eigenvalue weighted by atomic mass is 10.2. The van der Waals surface area contributed by atoms with Gasteiger partial charge in [0.15, 0.2) is 11.7 Å². The Balaban J connectivity index is 1.55. The lowest BCUT2D eigenvalue weighted by Crippen LogP contribution is -2.38. The first-order valence-corrected chi connectivity index (χ1v) is 9.48. The number of H-pyrrole nitrogens is 1. The van der Waals surface area contributed by atoms with Crippen molar-refractivity contribution in [3.8, 4) is 17.3 Å². The molecule has 8 heteroatoms. The summed E-state index contributed by atoms with van der Waals surface area (Å²) in [7, 11) is 0. The van der Waals surface area contributed by atoms with Crippen LogP contribution in [0.1, 0.15) is 25.2 Å². The fraction of sp³-hybridized carbons (Fsp3) is 0.350. The number of ether oxygens (including phenoxy) is 1. The van der Waals surface area contributed by atoms with Gasteiger partial charge < -0.3 is 19.8 Å². The second-order valence-corrected chi connectivity index (χ2v) is 6.00. The highest BCUT2D eigenvalue weighted by atomic mass is 16.5. The van der Waals surface area contributed by atoms with Gasteiger partial charge in [0.2, 0.25) is 5.82 Å².